The average Bonchev–Trinajstić information content (AvgIpc) is 3.40. The van der Waals surface area contributed by atoms with Crippen LogP contribution in [0.4, 0.5) is 5.69 Å². The van der Waals surface area contributed by atoms with Crippen molar-refractivity contribution in [2.45, 2.75) is 44.7 Å². The van der Waals surface area contributed by atoms with Gasteiger partial charge in [-0.1, -0.05) is 18.6 Å². The normalized spacial score (nSPS) is 17.2. The van der Waals surface area contributed by atoms with Crippen LogP contribution >= 0.6 is 0 Å². The molecule has 2 aliphatic rings. The highest BCUT2D eigenvalue weighted by Crippen LogP contribution is 2.27. The summed E-state index contributed by atoms with van der Waals surface area (Å²) in [5.74, 6) is -0.116. The molecule has 4 heterocycles. The summed E-state index contributed by atoms with van der Waals surface area (Å²) in [7, 11) is 0. The van der Waals surface area contributed by atoms with Crippen LogP contribution in [0.1, 0.15) is 48.0 Å². The largest absolute Gasteiger partial charge is 0.371 e. The highest BCUT2D eigenvalue weighted by atomic mass is 16.1. The zero-order valence-corrected chi connectivity index (χ0v) is 21.2. The first-order chi connectivity index (χ1) is 18.2. The van der Waals surface area contributed by atoms with Crippen molar-refractivity contribution < 1.29 is 4.79 Å². The minimum Gasteiger partial charge on any atom is -0.371 e. The summed E-state index contributed by atoms with van der Waals surface area (Å²) in [5.41, 5.74) is 5.73. The number of pyridine rings is 1. The second-order valence-electron chi connectivity index (χ2n) is 10.2. The topological polar surface area (TPSA) is 66.3 Å². The first-order valence-corrected chi connectivity index (χ1v) is 13.5. The summed E-state index contributed by atoms with van der Waals surface area (Å²) in [6.07, 6.45) is 11.9. The van der Waals surface area contributed by atoms with E-state index in [0.717, 1.165) is 41.4 Å². The van der Waals surface area contributed by atoms with E-state index in [1.165, 1.54) is 50.9 Å². The Balaban J connectivity index is 1.14. The Morgan fingerprint density at radius 3 is 2.57 bits per heavy atom. The monoisotopic (exact) mass is 494 g/mol. The van der Waals surface area contributed by atoms with E-state index in [2.05, 4.69) is 53.9 Å². The van der Waals surface area contributed by atoms with E-state index in [4.69, 9.17) is 0 Å². The fourth-order valence-corrected chi connectivity index (χ4v) is 5.76. The molecule has 2 aliphatic heterocycles. The summed E-state index contributed by atoms with van der Waals surface area (Å²) < 4.78 is 2.11. The molecule has 0 bridgehead atoms. The van der Waals surface area contributed by atoms with Crippen molar-refractivity contribution >= 4 is 22.6 Å². The molecular formula is C30H34N6O. The molecule has 190 valence electrons. The molecule has 4 aromatic rings. The lowest BCUT2D eigenvalue weighted by atomic mass is 9.99. The van der Waals surface area contributed by atoms with E-state index >= 15 is 0 Å². The molecule has 0 radical (unpaired) electrons. The van der Waals surface area contributed by atoms with Crippen molar-refractivity contribution in [1.29, 1.82) is 0 Å². The molecule has 7 heteroatoms. The Labute approximate surface area is 218 Å². The lowest BCUT2D eigenvalue weighted by Crippen LogP contribution is -2.46. The predicted octanol–water partition coefficient (Wildman–Crippen LogP) is 4.81. The summed E-state index contributed by atoms with van der Waals surface area (Å²) >= 11 is 0. The van der Waals surface area contributed by atoms with Gasteiger partial charge in [0.2, 0.25) is 0 Å². The quantitative estimate of drug-likeness (QED) is 0.417. The van der Waals surface area contributed by atoms with Crippen LogP contribution in [0.3, 0.4) is 0 Å². The van der Waals surface area contributed by atoms with Gasteiger partial charge in [0, 0.05) is 55.0 Å². The third-order valence-corrected chi connectivity index (χ3v) is 7.83. The Bertz CT molecular complexity index is 1350. The molecular weight excluding hydrogens is 460 g/mol. The van der Waals surface area contributed by atoms with Crippen molar-refractivity contribution in [2.24, 2.45) is 0 Å². The number of piperidine rings is 2. The fraction of sp³-hybridized carbons (Fsp3) is 0.367. The number of fused-ring (bicyclic) bond motifs is 1. The smallest absolute Gasteiger partial charge is 0.251 e. The standard InChI is InChI=1S/C30H34N6O/c37-30(32-21-23-6-5-13-31-20-23)24-9-10-29-28(18-24)33-22-36(29)27-8-4-7-26(19-27)35-16-11-25(12-17-35)34-14-2-1-3-15-34/h4-10,13,18-20,22,25H,1-3,11-12,14-17,21H2,(H,32,37). The highest BCUT2D eigenvalue weighted by Gasteiger charge is 2.25. The third kappa shape index (κ3) is 5.23. The molecule has 2 fully saturated rings. The van der Waals surface area contributed by atoms with Crippen molar-refractivity contribution in [1.82, 2.24) is 24.8 Å². The molecule has 0 aliphatic carbocycles. The maximum atomic E-state index is 12.7. The van der Waals surface area contributed by atoms with Gasteiger partial charge in [0.25, 0.3) is 5.91 Å². The van der Waals surface area contributed by atoms with Gasteiger partial charge >= 0.3 is 0 Å². The van der Waals surface area contributed by atoms with Crippen LogP contribution in [0.25, 0.3) is 16.7 Å². The van der Waals surface area contributed by atoms with Gasteiger partial charge < -0.3 is 15.1 Å². The maximum absolute atomic E-state index is 12.7. The number of rotatable bonds is 6. The maximum Gasteiger partial charge on any atom is 0.251 e. The van der Waals surface area contributed by atoms with Crippen LogP contribution in [0, 0.1) is 0 Å². The predicted molar refractivity (Wildman–Crippen MR) is 147 cm³/mol. The summed E-state index contributed by atoms with van der Waals surface area (Å²) in [6.45, 7) is 5.21. The van der Waals surface area contributed by atoms with E-state index < -0.39 is 0 Å². The first-order valence-electron chi connectivity index (χ1n) is 13.5. The van der Waals surface area contributed by atoms with E-state index in [1.807, 2.05) is 36.7 Å². The summed E-state index contributed by atoms with van der Waals surface area (Å²) in [5, 5.41) is 2.96. The molecule has 0 spiro atoms. The molecule has 2 aromatic heterocycles. The molecule has 2 aromatic carbocycles. The van der Waals surface area contributed by atoms with Crippen LogP contribution in [0.5, 0.6) is 0 Å². The minimum absolute atomic E-state index is 0.116. The molecule has 2 saturated heterocycles. The zero-order valence-electron chi connectivity index (χ0n) is 21.2. The van der Waals surface area contributed by atoms with Crippen molar-refractivity contribution in [3.05, 3.63) is 84.4 Å². The third-order valence-electron chi connectivity index (χ3n) is 7.83. The number of anilines is 1. The van der Waals surface area contributed by atoms with Crippen LogP contribution < -0.4 is 10.2 Å². The Hall–Kier alpha value is -3.71. The summed E-state index contributed by atoms with van der Waals surface area (Å²) in [4.78, 5) is 26.7. The van der Waals surface area contributed by atoms with E-state index in [0.29, 0.717) is 12.1 Å². The number of carbonyl (C=O) groups is 1. The second-order valence-corrected chi connectivity index (χ2v) is 10.2. The molecule has 0 saturated carbocycles. The molecule has 1 amide bonds. The number of amides is 1. The molecule has 0 unspecified atom stereocenters. The molecule has 7 nitrogen and oxygen atoms in total. The lowest BCUT2D eigenvalue weighted by molar-refractivity contribution is 0.0951. The van der Waals surface area contributed by atoms with E-state index in [1.54, 1.807) is 12.4 Å². The number of aromatic nitrogens is 3. The lowest BCUT2D eigenvalue weighted by Gasteiger charge is -2.41. The van der Waals surface area contributed by atoms with Crippen LogP contribution in [-0.2, 0) is 6.54 Å². The van der Waals surface area contributed by atoms with Gasteiger partial charge in [-0.15, -0.1) is 0 Å². The summed E-state index contributed by atoms with van der Waals surface area (Å²) in [6, 6.07) is 19.0. The van der Waals surface area contributed by atoms with Gasteiger partial charge in [0.15, 0.2) is 0 Å². The Kier molecular flexibility index (Phi) is 6.86. The van der Waals surface area contributed by atoms with Gasteiger partial charge in [-0.25, -0.2) is 4.98 Å². The number of hydrogen-bond acceptors (Lipinski definition) is 5. The number of carbonyl (C=O) groups excluding carboxylic acids is 1. The van der Waals surface area contributed by atoms with Crippen molar-refractivity contribution in [3.8, 4) is 5.69 Å². The first kappa shape index (κ1) is 23.7. The minimum atomic E-state index is -0.116. The van der Waals surface area contributed by atoms with Gasteiger partial charge in [0.05, 0.1) is 11.0 Å². The number of nitrogens with zero attached hydrogens (tertiary/aromatic N) is 5. The van der Waals surface area contributed by atoms with Gasteiger partial charge in [-0.2, -0.15) is 0 Å². The van der Waals surface area contributed by atoms with Crippen molar-refractivity contribution in [3.63, 3.8) is 0 Å². The van der Waals surface area contributed by atoms with Crippen molar-refractivity contribution in [2.75, 3.05) is 31.1 Å². The molecule has 6 rings (SSSR count). The van der Waals surface area contributed by atoms with Crippen LogP contribution in [0.2, 0.25) is 0 Å². The number of benzene rings is 2. The number of nitrogens with one attached hydrogen (secondary N) is 1. The molecule has 0 atom stereocenters. The van der Waals surface area contributed by atoms with Crippen LogP contribution in [-0.4, -0.2) is 57.6 Å². The highest BCUT2D eigenvalue weighted by molar-refractivity contribution is 5.97. The van der Waals surface area contributed by atoms with Crippen LogP contribution in [0.15, 0.2) is 73.3 Å². The molecule has 37 heavy (non-hydrogen) atoms. The van der Waals surface area contributed by atoms with E-state index in [-0.39, 0.29) is 5.91 Å². The SMILES string of the molecule is O=C(NCc1cccnc1)c1ccc2c(c1)ncn2-c1cccc(N2CCC(N3CCCCC3)CC2)c1. The Morgan fingerprint density at radius 1 is 0.919 bits per heavy atom. The van der Waals surface area contributed by atoms with Gasteiger partial charge in [-0.3, -0.25) is 14.3 Å². The fourth-order valence-electron chi connectivity index (χ4n) is 5.76. The number of likely N-dealkylation sites (tertiary alicyclic amines) is 1. The zero-order chi connectivity index (χ0) is 25.0. The van der Waals surface area contributed by atoms with E-state index in [9.17, 15) is 4.79 Å². The number of imidazole rings is 1. The average molecular weight is 495 g/mol. The molecule has 1 N–H and O–H groups in total. The Morgan fingerprint density at radius 2 is 1.76 bits per heavy atom. The van der Waals surface area contributed by atoms with Gasteiger partial charge in [-0.05, 0) is 86.8 Å². The number of hydrogen-bond donors (Lipinski definition) is 1. The second kappa shape index (κ2) is 10.7. The van der Waals surface area contributed by atoms with Gasteiger partial charge in [0.1, 0.15) is 6.33 Å².